The van der Waals surface area contributed by atoms with Gasteiger partial charge in [0.1, 0.15) is 11.9 Å². The Morgan fingerprint density at radius 1 is 1.26 bits per heavy atom. The lowest BCUT2D eigenvalue weighted by Crippen LogP contribution is -2.15. The number of fused-ring (bicyclic) bond motifs is 1. The van der Waals surface area contributed by atoms with Crippen LogP contribution in [0.2, 0.25) is 5.02 Å². The van der Waals surface area contributed by atoms with E-state index in [-0.39, 0.29) is 6.10 Å². The number of para-hydroxylation sites is 1. The smallest absolute Gasteiger partial charge is 0.123 e. The maximum atomic E-state index is 5.94. The molecule has 2 N–H and O–H groups in total. The van der Waals surface area contributed by atoms with Crippen molar-refractivity contribution in [3.63, 3.8) is 0 Å². The van der Waals surface area contributed by atoms with Gasteiger partial charge >= 0.3 is 0 Å². The van der Waals surface area contributed by atoms with Gasteiger partial charge < -0.3 is 10.5 Å². The zero-order valence-electron chi connectivity index (χ0n) is 10.3. The monoisotopic (exact) mass is 291 g/mol. The number of thioether (sulfide) groups is 1. The second-order valence-electron chi connectivity index (χ2n) is 4.54. The highest BCUT2D eigenvalue weighted by Crippen LogP contribution is 2.33. The van der Waals surface area contributed by atoms with Crippen LogP contribution in [0.25, 0.3) is 0 Å². The Hall–Kier alpha value is -1.32. The van der Waals surface area contributed by atoms with Crippen molar-refractivity contribution >= 4 is 29.1 Å². The van der Waals surface area contributed by atoms with E-state index in [1.807, 2.05) is 24.3 Å². The van der Waals surface area contributed by atoms with Crippen molar-refractivity contribution < 1.29 is 4.74 Å². The minimum Gasteiger partial charge on any atom is -0.489 e. The molecule has 0 amide bonds. The van der Waals surface area contributed by atoms with Crippen LogP contribution in [0.5, 0.6) is 5.75 Å². The molecule has 0 saturated heterocycles. The molecule has 0 radical (unpaired) electrons. The molecule has 1 aliphatic rings. The average Bonchev–Trinajstić information content (AvgIpc) is 2.80. The minimum absolute atomic E-state index is 0.220. The summed E-state index contributed by atoms with van der Waals surface area (Å²) in [5.41, 5.74) is 7.96. The Labute approximate surface area is 121 Å². The summed E-state index contributed by atoms with van der Waals surface area (Å²) in [6, 6.07) is 13.8. The van der Waals surface area contributed by atoms with Gasteiger partial charge in [-0.15, -0.1) is 11.8 Å². The largest absolute Gasteiger partial charge is 0.489 e. The minimum atomic E-state index is 0.220. The quantitative estimate of drug-likeness (QED) is 0.685. The lowest BCUT2D eigenvalue weighted by molar-refractivity contribution is 0.259. The van der Waals surface area contributed by atoms with Crippen LogP contribution in [0.15, 0.2) is 47.4 Å². The lowest BCUT2D eigenvalue weighted by atomic mass is 10.1. The molecule has 4 heteroatoms. The molecular weight excluding hydrogens is 278 g/mol. The van der Waals surface area contributed by atoms with Gasteiger partial charge in [-0.05, 0) is 29.8 Å². The van der Waals surface area contributed by atoms with Gasteiger partial charge in [-0.25, -0.2) is 0 Å². The summed E-state index contributed by atoms with van der Waals surface area (Å²) in [5, 5.41) is 0.673. The summed E-state index contributed by atoms with van der Waals surface area (Å²) < 4.78 is 5.90. The first-order valence-corrected chi connectivity index (χ1v) is 7.51. The maximum absolute atomic E-state index is 5.94. The van der Waals surface area contributed by atoms with Crippen molar-refractivity contribution in [2.24, 2.45) is 0 Å². The fourth-order valence-electron chi connectivity index (χ4n) is 2.18. The number of benzene rings is 2. The number of rotatable bonds is 3. The number of anilines is 1. The van der Waals surface area contributed by atoms with Gasteiger partial charge in [0.2, 0.25) is 0 Å². The number of nitrogen functional groups attached to an aromatic ring is 1. The molecule has 2 aromatic rings. The fourth-order valence-corrected chi connectivity index (χ4v) is 3.30. The Bertz CT molecular complexity index is 577. The van der Waals surface area contributed by atoms with E-state index in [2.05, 4.69) is 12.1 Å². The van der Waals surface area contributed by atoms with Gasteiger partial charge in [0, 0.05) is 27.8 Å². The van der Waals surface area contributed by atoms with Gasteiger partial charge in [-0.1, -0.05) is 29.8 Å². The van der Waals surface area contributed by atoms with E-state index in [0.29, 0.717) is 5.02 Å². The number of hydrogen-bond donors (Lipinski definition) is 1. The predicted molar refractivity (Wildman–Crippen MR) is 81.2 cm³/mol. The Kier molecular flexibility index (Phi) is 3.58. The molecule has 19 heavy (non-hydrogen) atoms. The van der Waals surface area contributed by atoms with Crippen molar-refractivity contribution in [1.29, 1.82) is 0 Å². The van der Waals surface area contributed by atoms with Crippen molar-refractivity contribution in [2.45, 2.75) is 17.4 Å². The Balaban J connectivity index is 1.63. The van der Waals surface area contributed by atoms with E-state index >= 15 is 0 Å². The van der Waals surface area contributed by atoms with Crippen molar-refractivity contribution in [2.75, 3.05) is 11.5 Å². The molecule has 0 aliphatic carbocycles. The van der Waals surface area contributed by atoms with Gasteiger partial charge in [0.05, 0.1) is 0 Å². The fraction of sp³-hybridized carbons (Fsp3) is 0.200. The summed E-state index contributed by atoms with van der Waals surface area (Å²) in [6.07, 6.45) is 1.19. The highest BCUT2D eigenvalue weighted by Gasteiger charge is 2.22. The summed E-state index contributed by atoms with van der Waals surface area (Å²) in [5.74, 6) is 1.90. The molecule has 1 heterocycles. The maximum Gasteiger partial charge on any atom is 0.123 e. The summed E-state index contributed by atoms with van der Waals surface area (Å²) in [6.45, 7) is 0. The van der Waals surface area contributed by atoms with E-state index < -0.39 is 0 Å². The lowest BCUT2D eigenvalue weighted by Gasteiger charge is -2.11. The molecule has 3 rings (SSSR count). The normalized spacial score (nSPS) is 17.0. The molecule has 2 aromatic carbocycles. The van der Waals surface area contributed by atoms with Crippen LogP contribution in [0, 0.1) is 0 Å². The Morgan fingerprint density at radius 2 is 2.11 bits per heavy atom. The van der Waals surface area contributed by atoms with Gasteiger partial charge in [0.15, 0.2) is 0 Å². The first kappa shape index (κ1) is 12.7. The van der Waals surface area contributed by atoms with Crippen molar-refractivity contribution in [3.05, 3.63) is 53.1 Å². The summed E-state index contributed by atoms with van der Waals surface area (Å²) >= 11 is 7.61. The third-order valence-corrected chi connectivity index (χ3v) is 4.57. The van der Waals surface area contributed by atoms with Crippen molar-refractivity contribution in [1.82, 2.24) is 0 Å². The van der Waals surface area contributed by atoms with Crippen LogP contribution in [-0.2, 0) is 6.42 Å². The summed E-state index contributed by atoms with van der Waals surface area (Å²) in [7, 11) is 0. The van der Waals surface area contributed by atoms with E-state index in [1.165, 1.54) is 5.56 Å². The van der Waals surface area contributed by atoms with E-state index in [9.17, 15) is 0 Å². The van der Waals surface area contributed by atoms with Crippen LogP contribution in [0.1, 0.15) is 5.56 Å². The standard InChI is InChI=1S/C15H14ClNOS/c16-11-5-6-15(13(17)8-11)19-9-12-7-10-3-1-2-4-14(10)18-12/h1-6,8,12H,7,9,17H2. The highest BCUT2D eigenvalue weighted by atomic mass is 35.5. The van der Waals surface area contributed by atoms with E-state index in [4.69, 9.17) is 22.1 Å². The number of hydrogen-bond acceptors (Lipinski definition) is 3. The molecule has 0 bridgehead atoms. The van der Waals surface area contributed by atoms with Crippen LogP contribution in [0.3, 0.4) is 0 Å². The molecule has 1 atom stereocenters. The van der Waals surface area contributed by atoms with E-state index in [1.54, 1.807) is 17.8 Å². The second kappa shape index (κ2) is 5.35. The zero-order valence-corrected chi connectivity index (χ0v) is 11.9. The van der Waals surface area contributed by atoms with E-state index in [0.717, 1.165) is 28.5 Å². The predicted octanol–water partition coefficient (Wildman–Crippen LogP) is 4.02. The molecular formula is C15H14ClNOS. The first-order chi connectivity index (χ1) is 9.22. The second-order valence-corrected chi connectivity index (χ2v) is 6.04. The van der Waals surface area contributed by atoms with Gasteiger partial charge in [-0.3, -0.25) is 0 Å². The average molecular weight is 292 g/mol. The molecule has 0 saturated carbocycles. The highest BCUT2D eigenvalue weighted by molar-refractivity contribution is 7.99. The Morgan fingerprint density at radius 3 is 2.89 bits per heavy atom. The molecule has 1 aliphatic heterocycles. The first-order valence-electron chi connectivity index (χ1n) is 6.15. The van der Waals surface area contributed by atoms with Crippen LogP contribution in [-0.4, -0.2) is 11.9 Å². The number of halogens is 1. The van der Waals surface area contributed by atoms with Gasteiger partial charge in [-0.2, -0.15) is 0 Å². The van der Waals surface area contributed by atoms with Crippen LogP contribution in [0.4, 0.5) is 5.69 Å². The molecule has 0 fully saturated rings. The van der Waals surface area contributed by atoms with Gasteiger partial charge in [0.25, 0.3) is 0 Å². The summed E-state index contributed by atoms with van der Waals surface area (Å²) in [4.78, 5) is 1.06. The SMILES string of the molecule is Nc1cc(Cl)ccc1SCC1Cc2ccccc2O1. The molecule has 2 nitrogen and oxygen atoms in total. The van der Waals surface area contributed by atoms with Crippen LogP contribution >= 0.6 is 23.4 Å². The molecule has 98 valence electrons. The number of nitrogens with two attached hydrogens (primary N) is 1. The number of ether oxygens (including phenoxy) is 1. The van der Waals surface area contributed by atoms with Crippen molar-refractivity contribution in [3.8, 4) is 5.75 Å². The third-order valence-electron chi connectivity index (χ3n) is 3.11. The van der Waals surface area contributed by atoms with Crippen LogP contribution < -0.4 is 10.5 Å². The third kappa shape index (κ3) is 2.82. The topological polar surface area (TPSA) is 35.2 Å². The molecule has 0 spiro atoms. The molecule has 0 aromatic heterocycles. The zero-order chi connectivity index (χ0) is 13.2. The molecule has 1 unspecified atom stereocenters.